The summed E-state index contributed by atoms with van der Waals surface area (Å²) < 4.78 is 5.95. The van der Waals surface area contributed by atoms with E-state index in [2.05, 4.69) is 40.6 Å². The second kappa shape index (κ2) is 9.49. The van der Waals surface area contributed by atoms with Crippen molar-refractivity contribution in [1.82, 2.24) is 15.1 Å². The highest BCUT2D eigenvalue weighted by molar-refractivity contribution is 5.75. The molecule has 7 nitrogen and oxygen atoms in total. The van der Waals surface area contributed by atoms with E-state index in [-0.39, 0.29) is 0 Å². The third-order valence-corrected chi connectivity index (χ3v) is 6.29. The van der Waals surface area contributed by atoms with Crippen LogP contribution < -0.4 is 5.32 Å². The molecular formula is C27H26N4O3. The van der Waals surface area contributed by atoms with Crippen LogP contribution in [-0.4, -0.2) is 38.8 Å². The van der Waals surface area contributed by atoms with Crippen molar-refractivity contribution in [3.8, 4) is 22.6 Å². The molecule has 0 bridgehead atoms. The summed E-state index contributed by atoms with van der Waals surface area (Å²) in [7, 11) is 0. The van der Waals surface area contributed by atoms with Crippen molar-refractivity contribution in [3.05, 3.63) is 83.9 Å². The first kappa shape index (κ1) is 21.9. The molecule has 34 heavy (non-hydrogen) atoms. The molecule has 1 aromatic heterocycles. The minimum absolute atomic E-state index is 0.307. The van der Waals surface area contributed by atoms with Gasteiger partial charge in [-0.1, -0.05) is 59.7 Å². The highest BCUT2D eigenvalue weighted by atomic mass is 16.4. The van der Waals surface area contributed by atoms with Crippen molar-refractivity contribution in [1.29, 1.82) is 0 Å². The van der Waals surface area contributed by atoms with E-state index in [1.54, 1.807) is 0 Å². The maximum atomic E-state index is 11.5. The summed E-state index contributed by atoms with van der Waals surface area (Å²) in [4.78, 5) is 13.5. The van der Waals surface area contributed by atoms with Gasteiger partial charge in [0, 0.05) is 17.8 Å². The van der Waals surface area contributed by atoms with E-state index in [1.165, 1.54) is 0 Å². The van der Waals surface area contributed by atoms with Gasteiger partial charge in [0.2, 0.25) is 5.89 Å². The molecule has 5 rings (SSSR count). The first-order valence-corrected chi connectivity index (χ1v) is 11.4. The number of anilines is 2. The summed E-state index contributed by atoms with van der Waals surface area (Å²) in [5, 5.41) is 21.1. The molecule has 2 N–H and O–H groups in total. The topological polar surface area (TPSA) is 91.5 Å². The number of hydrogen-bond acceptors (Lipinski definition) is 6. The molecule has 172 valence electrons. The molecule has 1 aliphatic rings. The van der Waals surface area contributed by atoms with Gasteiger partial charge in [0.1, 0.15) is 6.04 Å². The molecule has 0 aliphatic carbocycles. The van der Waals surface area contributed by atoms with Crippen LogP contribution in [0, 0.1) is 6.92 Å². The molecule has 0 amide bonds. The normalized spacial score (nSPS) is 16.0. The largest absolute Gasteiger partial charge is 0.480 e. The molecule has 1 fully saturated rings. The number of aromatic nitrogens is 2. The number of nitrogens with zero attached hydrogens (tertiary/aromatic N) is 3. The summed E-state index contributed by atoms with van der Waals surface area (Å²) in [6.07, 6.45) is 1.60. The lowest BCUT2D eigenvalue weighted by atomic mass is 9.96. The molecule has 0 radical (unpaired) electrons. The van der Waals surface area contributed by atoms with Gasteiger partial charge in [0.15, 0.2) is 0 Å². The van der Waals surface area contributed by atoms with Gasteiger partial charge in [-0.15, -0.1) is 5.10 Å². The Bertz CT molecular complexity index is 1300. The Morgan fingerprint density at radius 2 is 1.85 bits per heavy atom. The number of aliphatic carboxylic acids is 1. The van der Waals surface area contributed by atoms with Crippen molar-refractivity contribution in [2.45, 2.75) is 32.4 Å². The molecule has 3 aromatic carbocycles. The summed E-state index contributed by atoms with van der Waals surface area (Å²) in [5.74, 6) is -0.299. The van der Waals surface area contributed by atoms with E-state index < -0.39 is 12.0 Å². The van der Waals surface area contributed by atoms with Crippen LogP contribution in [0.3, 0.4) is 0 Å². The first-order valence-electron chi connectivity index (χ1n) is 11.4. The average Bonchev–Trinajstić information content (AvgIpc) is 3.50. The molecule has 1 atom stereocenters. The number of carboxylic acids is 1. The Morgan fingerprint density at radius 1 is 1.06 bits per heavy atom. The summed E-state index contributed by atoms with van der Waals surface area (Å²) in [6, 6.07) is 24.0. The van der Waals surface area contributed by atoms with Crippen molar-refractivity contribution in [2.24, 2.45) is 0 Å². The Kier molecular flexibility index (Phi) is 6.10. The third-order valence-electron chi connectivity index (χ3n) is 6.29. The van der Waals surface area contributed by atoms with Crippen molar-refractivity contribution in [3.63, 3.8) is 0 Å². The second-order valence-corrected chi connectivity index (χ2v) is 8.55. The third kappa shape index (κ3) is 4.56. The zero-order valence-corrected chi connectivity index (χ0v) is 18.9. The lowest BCUT2D eigenvalue weighted by molar-refractivity contribution is -0.142. The fourth-order valence-electron chi connectivity index (χ4n) is 4.58. The van der Waals surface area contributed by atoms with Gasteiger partial charge in [-0.2, -0.15) is 0 Å². The van der Waals surface area contributed by atoms with Crippen LogP contribution in [0.1, 0.15) is 24.0 Å². The highest BCUT2D eigenvalue weighted by Crippen LogP contribution is 2.32. The van der Waals surface area contributed by atoms with E-state index in [9.17, 15) is 9.90 Å². The summed E-state index contributed by atoms with van der Waals surface area (Å²) >= 11 is 0. The molecule has 2 heterocycles. The van der Waals surface area contributed by atoms with Crippen LogP contribution in [0.5, 0.6) is 0 Å². The monoisotopic (exact) mass is 454 g/mol. The number of rotatable bonds is 7. The van der Waals surface area contributed by atoms with Gasteiger partial charge in [-0.3, -0.25) is 9.69 Å². The van der Waals surface area contributed by atoms with E-state index >= 15 is 0 Å². The Hall–Kier alpha value is -3.97. The number of hydrogen-bond donors (Lipinski definition) is 2. The van der Waals surface area contributed by atoms with Crippen LogP contribution in [0.25, 0.3) is 22.6 Å². The molecule has 7 heteroatoms. The minimum Gasteiger partial charge on any atom is -0.480 e. The van der Waals surface area contributed by atoms with Gasteiger partial charge in [0.05, 0.1) is 0 Å². The lowest BCUT2D eigenvalue weighted by Crippen LogP contribution is -2.35. The zero-order chi connectivity index (χ0) is 23.5. The number of carboxylic acid groups (broad SMARTS) is 1. The smallest absolute Gasteiger partial charge is 0.320 e. The van der Waals surface area contributed by atoms with E-state index in [1.807, 2.05) is 59.5 Å². The molecule has 0 saturated carbocycles. The number of likely N-dealkylation sites (tertiary alicyclic amines) is 1. The summed E-state index contributed by atoms with van der Waals surface area (Å²) in [6.45, 7) is 3.44. The predicted molar refractivity (Wildman–Crippen MR) is 131 cm³/mol. The molecule has 1 saturated heterocycles. The average molecular weight is 455 g/mol. The van der Waals surface area contributed by atoms with Gasteiger partial charge < -0.3 is 14.8 Å². The highest BCUT2D eigenvalue weighted by Gasteiger charge is 2.30. The maximum Gasteiger partial charge on any atom is 0.320 e. The molecule has 0 spiro atoms. The molecular weight excluding hydrogens is 428 g/mol. The Balaban J connectivity index is 1.33. The van der Waals surface area contributed by atoms with Crippen molar-refractivity contribution >= 4 is 17.7 Å². The molecule has 4 aromatic rings. The summed E-state index contributed by atoms with van der Waals surface area (Å²) in [5.41, 5.74) is 6.08. The first-order chi connectivity index (χ1) is 16.6. The van der Waals surface area contributed by atoms with Gasteiger partial charge in [-0.05, 0) is 66.8 Å². The molecule has 0 unspecified atom stereocenters. The van der Waals surface area contributed by atoms with E-state index in [0.29, 0.717) is 24.9 Å². The van der Waals surface area contributed by atoms with Gasteiger partial charge in [0.25, 0.3) is 0 Å². The van der Waals surface area contributed by atoms with Crippen LogP contribution in [0.4, 0.5) is 11.7 Å². The second-order valence-electron chi connectivity index (χ2n) is 8.55. The minimum atomic E-state index is -0.753. The number of carbonyl (C=O) groups is 1. The zero-order valence-electron chi connectivity index (χ0n) is 18.9. The van der Waals surface area contributed by atoms with Crippen LogP contribution in [0.2, 0.25) is 0 Å². The Labute approximate surface area is 198 Å². The molecule has 1 aliphatic heterocycles. The van der Waals surface area contributed by atoms with Crippen LogP contribution >= 0.6 is 0 Å². The van der Waals surface area contributed by atoms with Crippen LogP contribution in [-0.2, 0) is 11.3 Å². The quantitative estimate of drug-likeness (QED) is 0.381. The van der Waals surface area contributed by atoms with Crippen LogP contribution in [0.15, 0.2) is 77.2 Å². The fourth-order valence-corrected chi connectivity index (χ4v) is 4.58. The van der Waals surface area contributed by atoms with E-state index in [0.717, 1.165) is 46.5 Å². The van der Waals surface area contributed by atoms with Gasteiger partial charge in [-0.25, -0.2) is 0 Å². The lowest BCUT2D eigenvalue weighted by Gasteiger charge is -2.21. The Morgan fingerprint density at radius 3 is 2.68 bits per heavy atom. The van der Waals surface area contributed by atoms with Crippen molar-refractivity contribution in [2.75, 3.05) is 11.9 Å². The maximum absolute atomic E-state index is 11.5. The predicted octanol–water partition coefficient (Wildman–Crippen LogP) is 5.50. The standard InChI is InChI=1S/C27H26N4O3/c1-18-22(20-9-3-2-4-10-20)12-6-13-23(18)25-29-30-27(34-25)28-21-11-5-8-19(16-21)17-31-15-7-14-24(31)26(32)33/h2-6,8-13,16,24H,7,14-15,17H2,1H3,(H,28,30)(H,32,33)/t24-/m0/s1. The van der Waals surface area contributed by atoms with E-state index in [4.69, 9.17) is 4.42 Å². The number of nitrogens with one attached hydrogen (secondary N) is 1. The SMILES string of the molecule is Cc1c(-c2ccccc2)cccc1-c1nnc(Nc2cccc(CN3CCC[C@H]3C(=O)O)c2)o1. The van der Waals surface area contributed by atoms with Gasteiger partial charge >= 0.3 is 12.0 Å². The fraction of sp³-hybridized carbons (Fsp3) is 0.222. The number of benzene rings is 3. The van der Waals surface area contributed by atoms with Crippen molar-refractivity contribution < 1.29 is 14.3 Å².